The number of hydrogen-bond acceptors (Lipinski definition) is 5. The topological polar surface area (TPSA) is 48.5 Å². The van der Waals surface area contributed by atoms with E-state index in [9.17, 15) is 4.79 Å². The summed E-state index contributed by atoms with van der Waals surface area (Å²) in [5.74, 6) is 1.46. The Hall–Kier alpha value is -1.57. The van der Waals surface area contributed by atoms with E-state index in [1.165, 1.54) is 11.8 Å². The fourth-order valence-electron chi connectivity index (χ4n) is 2.93. The number of hydrogen-bond donors (Lipinski definition) is 1. The molecule has 1 N–H and O–H groups in total. The first kappa shape index (κ1) is 20.2. The third-order valence-electron chi connectivity index (χ3n) is 4.63. The molecule has 0 atom stereocenters. The van der Waals surface area contributed by atoms with Crippen molar-refractivity contribution in [3.63, 3.8) is 0 Å². The monoisotopic (exact) mass is 448 g/mol. The predicted molar refractivity (Wildman–Crippen MR) is 115 cm³/mol. The van der Waals surface area contributed by atoms with Crippen molar-refractivity contribution in [3.8, 4) is 0 Å². The summed E-state index contributed by atoms with van der Waals surface area (Å²) in [5, 5.41) is 2.96. The van der Waals surface area contributed by atoms with E-state index in [1.54, 1.807) is 0 Å². The minimum Gasteiger partial charge on any atom is -0.354 e. The number of benzene rings is 1. The molecule has 2 aromatic rings. The smallest absolute Gasteiger partial charge is 0.230 e. The highest BCUT2D eigenvalue weighted by atomic mass is 79.9. The van der Waals surface area contributed by atoms with E-state index in [4.69, 9.17) is 0 Å². The molecule has 2 heterocycles. The van der Waals surface area contributed by atoms with Crippen molar-refractivity contribution >= 4 is 39.4 Å². The molecule has 1 saturated heterocycles. The van der Waals surface area contributed by atoms with Crippen molar-refractivity contribution in [1.29, 1.82) is 0 Å². The Morgan fingerprint density at radius 1 is 1.15 bits per heavy atom. The summed E-state index contributed by atoms with van der Waals surface area (Å²) in [6, 6.07) is 12.1. The summed E-state index contributed by atoms with van der Waals surface area (Å²) in [7, 11) is 0. The average molecular weight is 449 g/mol. The minimum absolute atomic E-state index is 0.0303. The summed E-state index contributed by atoms with van der Waals surface area (Å²) in [6.07, 6.45) is 1.86. The molecule has 27 heavy (non-hydrogen) atoms. The Labute approximate surface area is 173 Å². The number of thioether (sulfide) groups is 1. The van der Waals surface area contributed by atoms with Crippen molar-refractivity contribution in [2.75, 3.05) is 43.4 Å². The maximum absolute atomic E-state index is 12.1. The van der Waals surface area contributed by atoms with Crippen LogP contribution in [0.15, 0.2) is 52.0 Å². The number of nitrogens with one attached hydrogen (secondary N) is 1. The van der Waals surface area contributed by atoms with Crippen LogP contribution in [0.3, 0.4) is 0 Å². The van der Waals surface area contributed by atoms with Crippen LogP contribution in [-0.4, -0.2) is 54.3 Å². The number of piperazine rings is 1. The molecule has 0 spiro atoms. The number of nitrogens with zero attached hydrogens (tertiary/aromatic N) is 3. The van der Waals surface area contributed by atoms with Gasteiger partial charge in [0.1, 0.15) is 5.82 Å². The van der Waals surface area contributed by atoms with Crippen LogP contribution in [0, 0.1) is 0 Å². The molecule has 1 amide bonds. The number of likely N-dealkylation sites (N-methyl/N-ethyl adjacent to an activating group) is 1. The van der Waals surface area contributed by atoms with E-state index in [1.807, 2.05) is 30.5 Å². The number of rotatable bonds is 7. The van der Waals surface area contributed by atoms with Crippen molar-refractivity contribution in [1.82, 2.24) is 15.2 Å². The third kappa shape index (κ3) is 6.23. The number of halogens is 1. The standard InChI is InChI=1S/C20H25BrN4OS/c1-2-24-9-11-25(12-10-24)19-8-3-16(13-22-19)14-23-20(26)15-27-18-6-4-17(21)5-7-18/h3-8,13H,2,9-12,14-15H2,1H3,(H,23,26). The maximum Gasteiger partial charge on any atom is 0.230 e. The summed E-state index contributed by atoms with van der Waals surface area (Å²) >= 11 is 4.95. The zero-order valence-corrected chi connectivity index (χ0v) is 17.9. The zero-order valence-electron chi connectivity index (χ0n) is 15.5. The van der Waals surface area contributed by atoms with E-state index in [0.29, 0.717) is 12.3 Å². The van der Waals surface area contributed by atoms with Gasteiger partial charge in [-0.15, -0.1) is 11.8 Å². The van der Waals surface area contributed by atoms with Crippen LogP contribution in [0.5, 0.6) is 0 Å². The van der Waals surface area contributed by atoms with Gasteiger partial charge in [0.2, 0.25) is 5.91 Å². The highest BCUT2D eigenvalue weighted by Gasteiger charge is 2.16. The van der Waals surface area contributed by atoms with Crippen LogP contribution >= 0.6 is 27.7 Å². The van der Waals surface area contributed by atoms with Crippen LogP contribution in [0.25, 0.3) is 0 Å². The fraction of sp³-hybridized carbons (Fsp3) is 0.400. The number of carbonyl (C=O) groups excluding carboxylic acids is 1. The highest BCUT2D eigenvalue weighted by Crippen LogP contribution is 2.20. The summed E-state index contributed by atoms with van der Waals surface area (Å²) in [5.41, 5.74) is 1.02. The Balaban J connectivity index is 1.41. The molecule has 3 rings (SSSR count). The van der Waals surface area contributed by atoms with Gasteiger partial charge in [-0.3, -0.25) is 4.79 Å². The van der Waals surface area contributed by atoms with E-state index in [-0.39, 0.29) is 5.91 Å². The number of pyridine rings is 1. The van der Waals surface area contributed by atoms with Gasteiger partial charge in [0, 0.05) is 48.3 Å². The van der Waals surface area contributed by atoms with Crippen molar-refractivity contribution < 1.29 is 4.79 Å². The lowest BCUT2D eigenvalue weighted by atomic mass is 10.2. The Morgan fingerprint density at radius 2 is 1.89 bits per heavy atom. The van der Waals surface area contributed by atoms with Gasteiger partial charge >= 0.3 is 0 Å². The number of carbonyl (C=O) groups is 1. The summed E-state index contributed by atoms with van der Waals surface area (Å²) in [4.78, 5) is 22.5. The fourth-order valence-corrected chi connectivity index (χ4v) is 3.93. The lowest BCUT2D eigenvalue weighted by molar-refractivity contribution is -0.118. The molecule has 1 aliphatic heterocycles. The highest BCUT2D eigenvalue weighted by molar-refractivity contribution is 9.10. The zero-order chi connectivity index (χ0) is 19.1. The van der Waals surface area contributed by atoms with E-state index in [0.717, 1.165) is 53.5 Å². The average Bonchev–Trinajstić information content (AvgIpc) is 2.72. The van der Waals surface area contributed by atoms with E-state index >= 15 is 0 Å². The molecule has 1 aromatic heterocycles. The van der Waals surface area contributed by atoms with Crippen molar-refractivity contribution in [2.24, 2.45) is 0 Å². The van der Waals surface area contributed by atoms with Gasteiger partial charge in [-0.2, -0.15) is 0 Å². The molecule has 5 nitrogen and oxygen atoms in total. The summed E-state index contributed by atoms with van der Waals surface area (Å²) < 4.78 is 1.04. The largest absolute Gasteiger partial charge is 0.354 e. The number of aromatic nitrogens is 1. The van der Waals surface area contributed by atoms with Gasteiger partial charge in [-0.05, 0) is 42.4 Å². The van der Waals surface area contributed by atoms with Crippen molar-refractivity contribution in [2.45, 2.75) is 18.4 Å². The molecule has 1 fully saturated rings. The number of amides is 1. The van der Waals surface area contributed by atoms with Gasteiger partial charge < -0.3 is 15.1 Å². The molecule has 0 saturated carbocycles. The predicted octanol–water partition coefficient (Wildman–Crippen LogP) is 3.39. The molecule has 144 valence electrons. The lowest BCUT2D eigenvalue weighted by Gasteiger charge is -2.34. The normalized spacial score (nSPS) is 15.0. The second kappa shape index (κ2) is 10.1. The SMILES string of the molecule is CCN1CCN(c2ccc(CNC(=O)CSc3ccc(Br)cc3)cn2)CC1. The molecule has 7 heteroatoms. The Bertz CT molecular complexity index is 731. The molecule has 0 unspecified atom stereocenters. The first-order chi connectivity index (χ1) is 13.1. The molecule has 1 aliphatic rings. The van der Waals surface area contributed by atoms with Crippen LogP contribution in [0.4, 0.5) is 5.82 Å². The first-order valence-electron chi connectivity index (χ1n) is 9.21. The second-order valence-electron chi connectivity index (χ2n) is 6.47. The first-order valence-corrected chi connectivity index (χ1v) is 11.0. The van der Waals surface area contributed by atoms with Gasteiger partial charge in [0.05, 0.1) is 5.75 Å². The number of anilines is 1. The van der Waals surface area contributed by atoms with Gasteiger partial charge in [0.15, 0.2) is 0 Å². The van der Waals surface area contributed by atoms with Crippen LogP contribution in [-0.2, 0) is 11.3 Å². The van der Waals surface area contributed by atoms with Gasteiger partial charge in [-0.25, -0.2) is 4.98 Å². The van der Waals surface area contributed by atoms with Crippen LogP contribution in [0.2, 0.25) is 0 Å². The molecule has 1 aromatic carbocycles. The molecule has 0 aliphatic carbocycles. The van der Waals surface area contributed by atoms with Gasteiger partial charge in [-0.1, -0.05) is 28.9 Å². The quantitative estimate of drug-likeness (QED) is 0.657. The van der Waals surface area contributed by atoms with E-state index in [2.05, 4.69) is 55.1 Å². The Kier molecular flexibility index (Phi) is 7.55. The maximum atomic E-state index is 12.1. The Morgan fingerprint density at radius 3 is 2.52 bits per heavy atom. The van der Waals surface area contributed by atoms with Crippen molar-refractivity contribution in [3.05, 3.63) is 52.6 Å². The minimum atomic E-state index is 0.0303. The molecule has 0 bridgehead atoms. The van der Waals surface area contributed by atoms with Crippen LogP contribution in [0.1, 0.15) is 12.5 Å². The molecular weight excluding hydrogens is 424 g/mol. The lowest BCUT2D eigenvalue weighted by Crippen LogP contribution is -2.46. The van der Waals surface area contributed by atoms with E-state index < -0.39 is 0 Å². The summed E-state index contributed by atoms with van der Waals surface area (Å²) in [6.45, 7) is 8.04. The third-order valence-corrected chi connectivity index (χ3v) is 6.17. The van der Waals surface area contributed by atoms with Crippen LogP contribution < -0.4 is 10.2 Å². The molecular formula is C20H25BrN4OS. The second-order valence-corrected chi connectivity index (χ2v) is 8.43. The van der Waals surface area contributed by atoms with Gasteiger partial charge in [0.25, 0.3) is 0 Å². The molecule has 0 radical (unpaired) electrons.